The summed E-state index contributed by atoms with van der Waals surface area (Å²) in [6.07, 6.45) is 0. The molecule has 7 nitrogen and oxygen atoms in total. The molecule has 5 aromatic rings. The van der Waals surface area contributed by atoms with E-state index in [1.165, 1.54) is 12.1 Å². The van der Waals surface area contributed by atoms with Crippen LogP contribution in [0.5, 0.6) is 5.75 Å². The first-order valence-electron chi connectivity index (χ1n) is 12.7. The Bertz CT molecular complexity index is 2080. The summed E-state index contributed by atoms with van der Waals surface area (Å²) in [5.74, 6) is -5.96. The molecule has 0 bridgehead atoms. The van der Waals surface area contributed by atoms with E-state index in [-0.39, 0.29) is 16.9 Å². The van der Waals surface area contributed by atoms with Crippen molar-refractivity contribution >= 4 is 31.4 Å². The Morgan fingerprint density at radius 3 is 1.48 bits per heavy atom. The van der Waals surface area contributed by atoms with Gasteiger partial charge in [-0.25, -0.2) is 34.4 Å². The number of hydrogen-bond acceptors (Lipinski definition) is 5. The number of rotatable bonds is 9. The predicted octanol–water partition coefficient (Wildman–Crippen LogP) is 7.19. The van der Waals surface area contributed by atoms with Gasteiger partial charge in [-0.2, -0.15) is 0 Å². The van der Waals surface area contributed by atoms with E-state index in [1.807, 2.05) is 9.44 Å². The first kappa shape index (κ1) is 30.6. The Morgan fingerprint density at radius 1 is 0.568 bits per heavy atom. The molecule has 2 N–H and O–H groups in total. The minimum Gasteiger partial charge on any atom is -0.495 e. The lowest BCUT2D eigenvalue weighted by molar-refractivity contribution is 0.402. The summed E-state index contributed by atoms with van der Waals surface area (Å²) in [5.41, 5.74) is -0.665. The van der Waals surface area contributed by atoms with E-state index in [1.54, 1.807) is 60.7 Å². The maximum absolute atomic E-state index is 15.0. The van der Waals surface area contributed by atoms with Crippen LogP contribution in [0, 0.1) is 23.3 Å². The minimum atomic E-state index is -4.86. The molecule has 0 unspecified atom stereocenters. The van der Waals surface area contributed by atoms with Crippen molar-refractivity contribution in [3.63, 3.8) is 0 Å². The Kier molecular flexibility index (Phi) is 8.35. The molecule has 5 aromatic carbocycles. The van der Waals surface area contributed by atoms with Crippen molar-refractivity contribution in [2.24, 2.45) is 0 Å². The van der Waals surface area contributed by atoms with Gasteiger partial charge in [0, 0.05) is 11.1 Å². The van der Waals surface area contributed by atoms with Crippen LogP contribution in [0.2, 0.25) is 0 Å². The van der Waals surface area contributed by atoms with Crippen molar-refractivity contribution in [1.29, 1.82) is 0 Å². The highest BCUT2D eigenvalue weighted by atomic mass is 32.2. The Hall–Kier alpha value is -4.88. The average Bonchev–Trinajstić information content (AvgIpc) is 3.02. The number of anilines is 2. The number of benzene rings is 5. The van der Waals surface area contributed by atoms with Crippen LogP contribution in [0.15, 0.2) is 113 Å². The van der Waals surface area contributed by atoms with Crippen molar-refractivity contribution in [2.45, 2.75) is 9.79 Å². The van der Waals surface area contributed by atoms with Crippen molar-refractivity contribution in [3.05, 3.63) is 126 Å². The maximum atomic E-state index is 15.0. The van der Waals surface area contributed by atoms with Gasteiger partial charge in [-0.15, -0.1) is 0 Å². The molecule has 0 fully saturated rings. The van der Waals surface area contributed by atoms with Crippen LogP contribution in [0.3, 0.4) is 0 Å². The third kappa shape index (κ3) is 5.96. The van der Waals surface area contributed by atoms with E-state index < -0.39 is 64.5 Å². The molecule has 0 aromatic heterocycles. The van der Waals surface area contributed by atoms with Gasteiger partial charge in [0.1, 0.15) is 10.6 Å². The molecule has 226 valence electrons. The highest BCUT2D eigenvalue weighted by Gasteiger charge is 2.28. The highest BCUT2D eigenvalue weighted by Crippen LogP contribution is 2.37. The summed E-state index contributed by atoms with van der Waals surface area (Å²) in [6.45, 7) is 0. The minimum absolute atomic E-state index is 0.00695. The van der Waals surface area contributed by atoms with Crippen LogP contribution in [0.4, 0.5) is 28.9 Å². The molecule has 44 heavy (non-hydrogen) atoms. The number of methoxy groups -OCH3 is 1. The molecular weight excluding hydrogens is 620 g/mol. The summed E-state index contributed by atoms with van der Waals surface area (Å²) >= 11 is 0. The van der Waals surface area contributed by atoms with Gasteiger partial charge >= 0.3 is 0 Å². The lowest BCUT2D eigenvalue weighted by Gasteiger charge is -2.17. The van der Waals surface area contributed by atoms with E-state index in [4.69, 9.17) is 4.74 Å². The first-order chi connectivity index (χ1) is 20.9. The second-order valence-corrected chi connectivity index (χ2v) is 12.7. The molecule has 0 aliphatic rings. The summed E-state index contributed by atoms with van der Waals surface area (Å²) in [6, 6.07) is 22.8. The number of sulfonamides is 2. The predicted molar refractivity (Wildman–Crippen MR) is 158 cm³/mol. The van der Waals surface area contributed by atoms with Gasteiger partial charge in [0.15, 0.2) is 23.3 Å². The molecule has 0 saturated heterocycles. The smallest absolute Gasteiger partial charge is 0.265 e. The molecule has 0 atom stereocenters. The maximum Gasteiger partial charge on any atom is 0.265 e. The molecule has 0 spiro atoms. The van der Waals surface area contributed by atoms with Crippen LogP contribution < -0.4 is 14.2 Å². The van der Waals surface area contributed by atoms with Gasteiger partial charge in [0.2, 0.25) is 0 Å². The standard InChI is InChI=1S/C31H22F4N2O5S2/c1-42-26-17-12-21(43(38,39)36-30-22(13-15-24(32)28(30)34)19-8-4-2-5-9-19)18-27(26)44(40,41)37-31-23(14-16-25(33)29(31)35)20-10-6-3-7-11-20/h2-18,36-37H,1H3. The second-order valence-electron chi connectivity index (χ2n) is 9.32. The average molecular weight is 643 g/mol. The second kappa shape index (κ2) is 12.0. The summed E-state index contributed by atoms with van der Waals surface area (Å²) in [5, 5.41) is 0. The third-order valence-electron chi connectivity index (χ3n) is 6.57. The molecule has 0 heterocycles. The van der Waals surface area contributed by atoms with Crippen LogP contribution in [-0.2, 0) is 20.0 Å². The van der Waals surface area contributed by atoms with Crippen LogP contribution in [-0.4, -0.2) is 23.9 Å². The topological polar surface area (TPSA) is 102 Å². The normalized spacial score (nSPS) is 11.7. The fraction of sp³-hybridized carbons (Fsp3) is 0.0323. The van der Waals surface area contributed by atoms with E-state index >= 15 is 4.39 Å². The third-order valence-corrected chi connectivity index (χ3v) is 9.29. The van der Waals surface area contributed by atoms with E-state index in [9.17, 15) is 30.0 Å². The number of hydrogen-bond donors (Lipinski definition) is 2. The molecule has 5 rings (SSSR count). The van der Waals surface area contributed by atoms with Gasteiger partial charge < -0.3 is 4.74 Å². The fourth-order valence-electron chi connectivity index (χ4n) is 4.43. The van der Waals surface area contributed by atoms with Crippen molar-refractivity contribution in [3.8, 4) is 28.0 Å². The first-order valence-corrected chi connectivity index (χ1v) is 15.7. The van der Waals surface area contributed by atoms with Crippen molar-refractivity contribution < 1.29 is 39.1 Å². The number of ether oxygens (including phenoxy) is 1. The van der Waals surface area contributed by atoms with E-state index in [0.29, 0.717) is 17.2 Å². The molecule has 0 radical (unpaired) electrons. The van der Waals surface area contributed by atoms with Crippen molar-refractivity contribution in [1.82, 2.24) is 0 Å². The SMILES string of the molecule is COc1ccc(S(=O)(=O)Nc2c(-c3ccccc3)ccc(F)c2F)cc1S(=O)(=O)Nc1c(-c2ccccc2)ccc(F)c1F. The van der Waals surface area contributed by atoms with Gasteiger partial charge in [-0.1, -0.05) is 60.7 Å². The van der Waals surface area contributed by atoms with Crippen LogP contribution in [0.25, 0.3) is 22.3 Å². The van der Waals surface area contributed by atoms with Gasteiger partial charge in [-0.05, 0) is 53.6 Å². The van der Waals surface area contributed by atoms with Gasteiger partial charge in [-0.3, -0.25) is 9.44 Å². The zero-order valence-electron chi connectivity index (χ0n) is 22.7. The lowest BCUT2D eigenvalue weighted by atomic mass is 10.0. The van der Waals surface area contributed by atoms with Gasteiger partial charge in [0.25, 0.3) is 20.0 Å². The van der Waals surface area contributed by atoms with Crippen LogP contribution >= 0.6 is 0 Å². The molecular formula is C31H22F4N2O5S2. The molecule has 13 heteroatoms. The quantitative estimate of drug-likeness (QED) is 0.166. The highest BCUT2D eigenvalue weighted by molar-refractivity contribution is 7.93. The molecule has 0 saturated carbocycles. The largest absolute Gasteiger partial charge is 0.495 e. The Labute approximate surface area is 250 Å². The summed E-state index contributed by atoms with van der Waals surface area (Å²) < 4.78 is 122. The van der Waals surface area contributed by atoms with Crippen LogP contribution in [0.1, 0.15) is 0 Å². The van der Waals surface area contributed by atoms with E-state index in [0.717, 1.165) is 31.4 Å². The number of halogens is 4. The monoisotopic (exact) mass is 642 g/mol. The zero-order chi connectivity index (χ0) is 31.6. The summed E-state index contributed by atoms with van der Waals surface area (Å²) in [4.78, 5) is -1.43. The Balaban J connectivity index is 1.58. The number of nitrogens with one attached hydrogen (secondary N) is 2. The molecule has 0 aliphatic carbocycles. The Morgan fingerprint density at radius 2 is 1.02 bits per heavy atom. The summed E-state index contributed by atoms with van der Waals surface area (Å²) in [7, 11) is -8.51. The zero-order valence-corrected chi connectivity index (χ0v) is 24.3. The van der Waals surface area contributed by atoms with Crippen molar-refractivity contribution in [2.75, 3.05) is 16.6 Å². The molecule has 0 aliphatic heterocycles. The fourth-order valence-corrected chi connectivity index (χ4v) is 6.89. The van der Waals surface area contributed by atoms with Gasteiger partial charge in [0.05, 0.1) is 23.4 Å². The molecule has 0 amide bonds. The van der Waals surface area contributed by atoms with E-state index in [2.05, 4.69) is 0 Å². The lowest BCUT2D eigenvalue weighted by Crippen LogP contribution is -2.19.